The number of nitrogens with one attached hydrogen (secondary N) is 1. The Bertz CT molecular complexity index is 603. The van der Waals surface area contributed by atoms with Crippen LogP contribution in [0, 0.1) is 17.5 Å². The molecule has 0 aliphatic rings. The summed E-state index contributed by atoms with van der Waals surface area (Å²) < 4.78 is 45.0. The Morgan fingerprint density at radius 2 is 1.67 bits per heavy atom. The fourth-order valence-corrected chi connectivity index (χ4v) is 1.76. The highest BCUT2D eigenvalue weighted by molar-refractivity contribution is 5.47. The summed E-state index contributed by atoms with van der Waals surface area (Å²) in [5.41, 5.74) is 0.465. The first-order valence-corrected chi connectivity index (χ1v) is 6.31. The van der Waals surface area contributed by atoms with E-state index in [0.29, 0.717) is 24.5 Å². The second kappa shape index (κ2) is 6.83. The van der Waals surface area contributed by atoms with Gasteiger partial charge in [0.1, 0.15) is 23.9 Å². The van der Waals surface area contributed by atoms with Gasteiger partial charge in [-0.3, -0.25) is 0 Å². The van der Waals surface area contributed by atoms with Crippen molar-refractivity contribution < 1.29 is 17.9 Å². The van der Waals surface area contributed by atoms with Crippen LogP contribution in [0.1, 0.15) is 5.56 Å². The van der Waals surface area contributed by atoms with Crippen LogP contribution < -0.4 is 10.1 Å². The third kappa shape index (κ3) is 4.02. The number of hydrogen-bond donors (Lipinski definition) is 1. The molecule has 0 fully saturated rings. The van der Waals surface area contributed by atoms with Crippen LogP contribution in [0.3, 0.4) is 0 Å². The van der Waals surface area contributed by atoms with E-state index in [1.54, 1.807) is 30.3 Å². The summed E-state index contributed by atoms with van der Waals surface area (Å²) in [5, 5.41) is 2.61. The molecule has 0 heterocycles. The molecule has 2 rings (SSSR count). The van der Waals surface area contributed by atoms with Crippen molar-refractivity contribution in [3.8, 4) is 5.75 Å². The molecule has 2 nitrogen and oxygen atoms in total. The summed E-state index contributed by atoms with van der Waals surface area (Å²) in [5.74, 6) is -2.19. The van der Waals surface area contributed by atoms with E-state index in [1.165, 1.54) is 0 Å². The summed E-state index contributed by atoms with van der Waals surface area (Å²) in [6, 6.07) is 8.31. The summed E-state index contributed by atoms with van der Waals surface area (Å²) in [7, 11) is 0. The van der Waals surface area contributed by atoms with Gasteiger partial charge in [-0.2, -0.15) is 0 Å². The predicted molar refractivity (Wildman–Crippen MR) is 75.8 cm³/mol. The molecule has 0 unspecified atom stereocenters. The van der Waals surface area contributed by atoms with E-state index in [9.17, 15) is 13.2 Å². The summed E-state index contributed by atoms with van der Waals surface area (Å²) >= 11 is 0. The fraction of sp³-hybridized carbons (Fsp3) is 0.125. The molecule has 0 bridgehead atoms. The van der Waals surface area contributed by atoms with Crippen LogP contribution in [0.5, 0.6) is 5.75 Å². The van der Waals surface area contributed by atoms with Crippen molar-refractivity contribution in [1.82, 2.24) is 0 Å². The number of halogens is 3. The monoisotopic (exact) mass is 293 g/mol. The molecule has 0 aliphatic carbocycles. The molecule has 110 valence electrons. The van der Waals surface area contributed by atoms with Crippen LogP contribution in [-0.4, -0.2) is 6.61 Å². The van der Waals surface area contributed by atoms with E-state index in [1.807, 2.05) is 0 Å². The van der Waals surface area contributed by atoms with Crippen molar-refractivity contribution in [2.45, 2.75) is 6.54 Å². The quantitative estimate of drug-likeness (QED) is 0.803. The Kier molecular flexibility index (Phi) is 4.87. The molecule has 0 saturated heterocycles. The van der Waals surface area contributed by atoms with E-state index < -0.39 is 17.5 Å². The molecule has 2 aromatic carbocycles. The van der Waals surface area contributed by atoms with Crippen molar-refractivity contribution in [2.24, 2.45) is 0 Å². The first kappa shape index (κ1) is 15.0. The van der Waals surface area contributed by atoms with Crippen molar-refractivity contribution in [2.75, 3.05) is 11.9 Å². The molecule has 0 atom stereocenters. The van der Waals surface area contributed by atoms with Gasteiger partial charge < -0.3 is 10.1 Å². The van der Waals surface area contributed by atoms with Crippen molar-refractivity contribution in [1.29, 1.82) is 0 Å². The summed E-state index contributed by atoms with van der Waals surface area (Å²) in [6.07, 6.45) is 1.63. The van der Waals surface area contributed by atoms with E-state index in [0.717, 1.165) is 5.56 Å². The van der Waals surface area contributed by atoms with Gasteiger partial charge in [0.15, 0.2) is 11.6 Å². The Morgan fingerprint density at radius 1 is 1.05 bits per heavy atom. The Labute approximate surface area is 120 Å². The minimum atomic E-state index is -0.960. The van der Waals surface area contributed by atoms with E-state index in [2.05, 4.69) is 11.9 Å². The molecule has 1 N–H and O–H groups in total. The summed E-state index contributed by atoms with van der Waals surface area (Å²) in [4.78, 5) is 0. The third-order valence-electron chi connectivity index (χ3n) is 2.77. The number of ether oxygens (including phenoxy) is 1. The van der Waals surface area contributed by atoms with Crippen LogP contribution in [0.15, 0.2) is 49.1 Å². The van der Waals surface area contributed by atoms with Gasteiger partial charge in [0.25, 0.3) is 0 Å². The van der Waals surface area contributed by atoms with Gasteiger partial charge in [-0.05, 0) is 17.7 Å². The van der Waals surface area contributed by atoms with E-state index in [4.69, 9.17) is 4.74 Å². The van der Waals surface area contributed by atoms with Gasteiger partial charge in [0.2, 0.25) is 0 Å². The smallest absolute Gasteiger partial charge is 0.152 e. The van der Waals surface area contributed by atoms with Crippen molar-refractivity contribution >= 4 is 5.69 Å². The second-order valence-corrected chi connectivity index (χ2v) is 4.34. The SMILES string of the molecule is C=CCOc1ccc(CNc2c(F)cc(F)cc2F)cc1. The van der Waals surface area contributed by atoms with Crippen LogP contribution in [0.4, 0.5) is 18.9 Å². The normalized spacial score (nSPS) is 10.2. The second-order valence-electron chi connectivity index (χ2n) is 4.34. The molecule has 0 saturated carbocycles. The first-order chi connectivity index (χ1) is 10.1. The first-order valence-electron chi connectivity index (χ1n) is 6.31. The maximum absolute atomic E-state index is 13.4. The topological polar surface area (TPSA) is 21.3 Å². The van der Waals surface area contributed by atoms with Gasteiger partial charge in [0, 0.05) is 18.7 Å². The lowest BCUT2D eigenvalue weighted by Gasteiger charge is -2.10. The highest BCUT2D eigenvalue weighted by Crippen LogP contribution is 2.21. The van der Waals surface area contributed by atoms with Crippen LogP contribution in [-0.2, 0) is 6.54 Å². The molecular weight excluding hydrogens is 279 g/mol. The predicted octanol–water partition coefficient (Wildman–Crippen LogP) is 4.28. The molecule has 0 spiro atoms. The Balaban J connectivity index is 2.01. The minimum Gasteiger partial charge on any atom is -0.490 e. The molecule has 2 aromatic rings. The maximum atomic E-state index is 13.4. The zero-order valence-corrected chi connectivity index (χ0v) is 11.2. The minimum absolute atomic E-state index is 0.210. The lowest BCUT2D eigenvalue weighted by Crippen LogP contribution is -2.04. The maximum Gasteiger partial charge on any atom is 0.152 e. The third-order valence-corrected chi connectivity index (χ3v) is 2.77. The Hall–Kier alpha value is -2.43. The van der Waals surface area contributed by atoms with Crippen molar-refractivity contribution in [3.05, 3.63) is 72.1 Å². The molecule has 0 aromatic heterocycles. The fourth-order valence-electron chi connectivity index (χ4n) is 1.76. The number of anilines is 1. The molecule has 5 heteroatoms. The highest BCUT2D eigenvalue weighted by atomic mass is 19.1. The molecule has 21 heavy (non-hydrogen) atoms. The zero-order valence-electron chi connectivity index (χ0n) is 11.2. The largest absolute Gasteiger partial charge is 0.490 e. The van der Waals surface area contributed by atoms with Gasteiger partial charge in [0.05, 0.1) is 0 Å². The standard InChI is InChI=1S/C16H14F3NO/c1-2-7-21-13-5-3-11(4-6-13)10-20-16-14(18)8-12(17)9-15(16)19/h2-6,8-9,20H,1,7,10H2. The van der Waals surface area contributed by atoms with Gasteiger partial charge >= 0.3 is 0 Å². The number of rotatable bonds is 6. The number of benzene rings is 2. The Morgan fingerprint density at radius 3 is 2.24 bits per heavy atom. The average molecular weight is 293 g/mol. The molecule has 0 radical (unpaired) electrons. The number of hydrogen-bond acceptors (Lipinski definition) is 2. The highest BCUT2D eigenvalue weighted by Gasteiger charge is 2.10. The molecule has 0 aliphatic heterocycles. The van der Waals surface area contributed by atoms with Crippen LogP contribution >= 0.6 is 0 Å². The van der Waals surface area contributed by atoms with Crippen LogP contribution in [0.2, 0.25) is 0 Å². The van der Waals surface area contributed by atoms with E-state index >= 15 is 0 Å². The molecule has 0 amide bonds. The van der Waals surface area contributed by atoms with Gasteiger partial charge in [-0.15, -0.1) is 0 Å². The van der Waals surface area contributed by atoms with Gasteiger partial charge in [-0.1, -0.05) is 24.8 Å². The lowest BCUT2D eigenvalue weighted by atomic mass is 10.2. The molecular formula is C16H14F3NO. The average Bonchev–Trinajstić information content (AvgIpc) is 2.45. The van der Waals surface area contributed by atoms with Gasteiger partial charge in [-0.25, -0.2) is 13.2 Å². The zero-order chi connectivity index (χ0) is 15.2. The van der Waals surface area contributed by atoms with Crippen LogP contribution in [0.25, 0.3) is 0 Å². The lowest BCUT2D eigenvalue weighted by molar-refractivity contribution is 0.363. The van der Waals surface area contributed by atoms with Crippen molar-refractivity contribution in [3.63, 3.8) is 0 Å². The summed E-state index contributed by atoms with van der Waals surface area (Å²) in [6.45, 7) is 4.16. The van der Waals surface area contributed by atoms with E-state index in [-0.39, 0.29) is 12.2 Å².